The van der Waals surface area contributed by atoms with Gasteiger partial charge in [0.2, 0.25) is 0 Å². The van der Waals surface area contributed by atoms with Crippen LogP contribution in [0.2, 0.25) is 0 Å². The summed E-state index contributed by atoms with van der Waals surface area (Å²) in [4.78, 5) is 0. The van der Waals surface area contributed by atoms with E-state index in [4.69, 9.17) is 14.2 Å². The molecular formula is C16H24O4. The zero-order valence-corrected chi connectivity index (χ0v) is 12.4. The highest BCUT2D eigenvalue weighted by Gasteiger charge is 2.26. The fraction of sp³-hybridized carbons (Fsp3) is 0.625. The third kappa shape index (κ3) is 3.95. The second-order valence-corrected chi connectivity index (χ2v) is 5.44. The minimum Gasteiger partial charge on any atom is -0.496 e. The Balaban J connectivity index is 1.90. The molecule has 0 saturated carbocycles. The molecule has 1 fully saturated rings. The molecule has 3 atom stereocenters. The Kier molecular flexibility index (Phi) is 5.40. The first-order valence-corrected chi connectivity index (χ1v) is 7.18. The number of ether oxygens (including phenoxy) is 3. The van der Waals surface area contributed by atoms with Gasteiger partial charge in [0.1, 0.15) is 11.9 Å². The first-order chi connectivity index (χ1) is 9.60. The lowest BCUT2D eigenvalue weighted by atomic mass is 10.0. The van der Waals surface area contributed by atoms with Crippen LogP contribution >= 0.6 is 0 Å². The van der Waals surface area contributed by atoms with Gasteiger partial charge in [-0.1, -0.05) is 18.2 Å². The fourth-order valence-electron chi connectivity index (χ4n) is 2.74. The third-order valence-electron chi connectivity index (χ3n) is 3.64. The number of methoxy groups -OCH3 is 1. The summed E-state index contributed by atoms with van der Waals surface area (Å²) in [7, 11) is 1.61. The topological polar surface area (TPSA) is 47.9 Å². The Hall–Kier alpha value is -1.10. The predicted octanol–water partition coefficient (Wildman–Crippen LogP) is 2.70. The monoisotopic (exact) mass is 280 g/mol. The Morgan fingerprint density at radius 1 is 1.25 bits per heavy atom. The molecule has 0 bridgehead atoms. The van der Waals surface area contributed by atoms with E-state index in [0.717, 1.165) is 18.4 Å². The average molecular weight is 280 g/mol. The quantitative estimate of drug-likeness (QED) is 0.901. The Morgan fingerprint density at radius 2 is 1.90 bits per heavy atom. The fourth-order valence-corrected chi connectivity index (χ4v) is 2.74. The lowest BCUT2D eigenvalue weighted by molar-refractivity contribution is -0.114. The predicted molar refractivity (Wildman–Crippen MR) is 76.9 cm³/mol. The van der Waals surface area contributed by atoms with Crippen molar-refractivity contribution in [1.82, 2.24) is 0 Å². The minimum absolute atomic E-state index is 0.151. The molecule has 0 aliphatic carbocycles. The van der Waals surface area contributed by atoms with Gasteiger partial charge in [0, 0.05) is 5.56 Å². The Labute approximate surface area is 120 Å². The van der Waals surface area contributed by atoms with Crippen LogP contribution in [0.1, 0.15) is 38.4 Å². The number of hydrogen-bond acceptors (Lipinski definition) is 4. The van der Waals surface area contributed by atoms with E-state index in [2.05, 4.69) is 13.8 Å². The Morgan fingerprint density at radius 3 is 2.55 bits per heavy atom. The van der Waals surface area contributed by atoms with E-state index in [1.54, 1.807) is 7.11 Å². The van der Waals surface area contributed by atoms with E-state index >= 15 is 0 Å². The molecule has 3 unspecified atom stereocenters. The van der Waals surface area contributed by atoms with Gasteiger partial charge in [-0.15, -0.1) is 0 Å². The molecule has 0 amide bonds. The normalized spacial score (nSPS) is 28.1. The molecule has 1 heterocycles. The molecule has 1 aliphatic rings. The van der Waals surface area contributed by atoms with E-state index in [9.17, 15) is 5.11 Å². The van der Waals surface area contributed by atoms with Crippen LogP contribution in [0.4, 0.5) is 0 Å². The van der Waals surface area contributed by atoms with Gasteiger partial charge < -0.3 is 19.3 Å². The van der Waals surface area contributed by atoms with Gasteiger partial charge in [-0.3, -0.25) is 0 Å². The number of rotatable bonds is 5. The van der Waals surface area contributed by atoms with Crippen molar-refractivity contribution in [3.8, 4) is 5.75 Å². The molecule has 4 nitrogen and oxygen atoms in total. The summed E-state index contributed by atoms with van der Waals surface area (Å²) in [5.74, 6) is 0.692. The van der Waals surface area contributed by atoms with Crippen LogP contribution in [0, 0.1) is 0 Å². The van der Waals surface area contributed by atoms with Gasteiger partial charge >= 0.3 is 0 Å². The summed E-state index contributed by atoms with van der Waals surface area (Å²) in [5, 5.41) is 10.3. The van der Waals surface area contributed by atoms with E-state index in [1.807, 2.05) is 24.3 Å². The standard InChI is InChI=1S/C16H24O4/c1-11-8-13(9-12(2)20-11)19-10-15(17)14-6-4-5-7-16(14)18-3/h4-7,11-13,15,17H,8-10H2,1-3H3. The SMILES string of the molecule is COc1ccccc1C(O)COC1CC(C)OC(C)C1. The first kappa shape index (κ1) is 15.3. The number of para-hydroxylation sites is 1. The highest BCUT2D eigenvalue weighted by molar-refractivity contribution is 5.34. The molecule has 1 saturated heterocycles. The maximum atomic E-state index is 10.3. The van der Waals surface area contributed by atoms with Gasteiger partial charge in [0.15, 0.2) is 0 Å². The van der Waals surface area contributed by atoms with Crippen molar-refractivity contribution in [3.63, 3.8) is 0 Å². The third-order valence-corrected chi connectivity index (χ3v) is 3.64. The molecular weight excluding hydrogens is 256 g/mol. The van der Waals surface area contributed by atoms with E-state index in [0.29, 0.717) is 5.75 Å². The van der Waals surface area contributed by atoms with Crippen LogP contribution in [0.15, 0.2) is 24.3 Å². The number of benzene rings is 1. The first-order valence-electron chi connectivity index (χ1n) is 7.18. The Bertz CT molecular complexity index is 411. The molecule has 0 aromatic heterocycles. The van der Waals surface area contributed by atoms with Gasteiger partial charge in [0.25, 0.3) is 0 Å². The van der Waals surface area contributed by atoms with Gasteiger partial charge in [-0.05, 0) is 32.8 Å². The zero-order valence-electron chi connectivity index (χ0n) is 12.4. The molecule has 2 rings (SSSR count). The minimum atomic E-state index is -0.667. The summed E-state index contributed by atoms with van der Waals surface area (Å²) in [6, 6.07) is 7.48. The molecule has 0 spiro atoms. The summed E-state index contributed by atoms with van der Waals surface area (Å²) >= 11 is 0. The maximum absolute atomic E-state index is 10.3. The smallest absolute Gasteiger partial charge is 0.124 e. The number of aliphatic hydroxyl groups excluding tert-OH is 1. The lowest BCUT2D eigenvalue weighted by Gasteiger charge is -2.32. The van der Waals surface area contributed by atoms with Crippen LogP contribution in [0.25, 0.3) is 0 Å². The van der Waals surface area contributed by atoms with Crippen molar-refractivity contribution in [2.75, 3.05) is 13.7 Å². The summed E-state index contributed by atoms with van der Waals surface area (Å²) in [6.07, 6.45) is 1.67. The van der Waals surface area contributed by atoms with Crippen LogP contribution in [-0.2, 0) is 9.47 Å². The highest BCUT2D eigenvalue weighted by atomic mass is 16.5. The molecule has 1 aliphatic heterocycles. The van der Waals surface area contributed by atoms with Gasteiger partial charge in [-0.25, -0.2) is 0 Å². The molecule has 1 aromatic carbocycles. The zero-order chi connectivity index (χ0) is 14.5. The van der Waals surface area contributed by atoms with Crippen LogP contribution in [0.3, 0.4) is 0 Å². The van der Waals surface area contributed by atoms with E-state index < -0.39 is 6.10 Å². The van der Waals surface area contributed by atoms with Crippen LogP contribution < -0.4 is 4.74 Å². The summed E-state index contributed by atoms with van der Waals surface area (Å²) < 4.78 is 16.8. The second kappa shape index (κ2) is 7.07. The number of aliphatic hydroxyl groups is 1. The number of hydrogen-bond donors (Lipinski definition) is 1. The van der Waals surface area contributed by atoms with Crippen molar-refractivity contribution in [2.45, 2.75) is 51.1 Å². The molecule has 1 N–H and O–H groups in total. The van der Waals surface area contributed by atoms with Crippen molar-refractivity contribution in [1.29, 1.82) is 0 Å². The van der Waals surface area contributed by atoms with Crippen molar-refractivity contribution in [2.24, 2.45) is 0 Å². The van der Waals surface area contributed by atoms with Crippen LogP contribution in [-0.4, -0.2) is 37.1 Å². The van der Waals surface area contributed by atoms with Crippen molar-refractivity contribution < 1.29 is 19.3 Å². The van der Waals surface area contributed by atoms with Crippen LogP contribution in [0.5, 0.6) is 5.75 Å². The molecule has 20 heavy (non-hydrogen) atoms. The molecule has 1 aromatic rings. The van der Waals surface area contributed by atoms with Crippen molar-refractivity contribution >= 4 is 0 Å². The van der Waals surface area contributed by atoms with Crippen molar-refractivity contribution in [3.05, 3.63) is 29.8 Å². The summed E-state index contributed by atoms with van der Waals surface area (Å²) in [5.41, 5.74) is 0.767. The molecule has 112 valence electrons. The van der Waals surface area contributed by atoms with E-state index in [-0.39, 0.29) is 24.9 Å². The molecule has 0 radical (unpaired) electrons. The largest absolute Gasteiger partial charge is 0.496 e. The second-order valence-electron chi connectivity index (χ2n) is 5.44. The maximum Gasteiger partial charge on any atom is 0.124 e. The summed E-state index contributed by atoms with van der Waals surface area (Å²) in [6.45, 7) is 4.40. The highest BCUT2D eigenvalue weighted by Crippen LogP contribution is 2.27. The lowest BCUT2D eigenvalue weighted by Crippen LogP contribution is -2.34. The molecule has 4 heteroatoms. The van der Waals surface area contributed by atoms with E-state index in [1.165, 1.54) is 0 Å². The van der Waals surface area contributed by atoms with Gasteiger partial charge in [-0.2, -0.15) is 0 Å². The van der Waals surface area contributed by atoms with Gasteiger partial charge in [0.05, 0.1) is 32.0 Å². The average Bonchev–Trinajstić information content (AvgIpc) is 2.43.